The van der Waals surface area contributed by atoms with Crippen LogP contribution in [0, 0.1) is 11.8 Å². The number of halogens is 7. The van der Waals surface area contributed by atoms with Crippen LogP contribution >= 0.6 is 35.3 Å². The molecule has 2 N–H and O–H groups in total. The predicted molar refractivity (Wildman–Crippen MR) is 114 cm³/mol. The van der Waals surface area contributed by atoms with Crippen LogP contribution in [0.5, 0.6) is 0 Å². The summed E-state index contributed by atoms with van der Waals surface area (Å²) in [4.78, 5) is 7.64. The minimum Gasteiger partial charge on any atom is -0.357 e. The Morgan fingerprint density at radius 3 is 2.27 bits per heavy atom. The fourth-order valence-corrected chi connectivity index (χ4v) is 2.74. The highest BCUT2D eigenvalue weighted by Gasteiger charge is 2.33. The quantitative estimate of drug-likeness (QED) is 0.183. The van der Waals surface area contributed by atoms with Crippen molar-refractivity contribution < 1.29 is 26.3 Å². The first kappa shape index (κ1) is 26.0. The van der Waals surface area contributed by atoms with Crippen LogP contribution in [0.15, 0.2) is 34.6 Å². The van der Waals surface area contributed by atoms with Crippen LogP contribution in [-0.4, -0.2) is 24.0 Å². The van der Waals surface area contributed by atoms with Gasteiger partial charge in [0.1, 0.15) is 5.01 Å². The minimum atomic E-state index is -4.49. The zero-order chi connectivity index (χ0) is 21.5. The van der Waals surface area contributed by atoms with Gasteiger partial charge in [-0.3, -0.25) is 0 Å². The third-order valence-electron chi connectivity index (χ3n) is 3.35. The van der Waals surface area contributed by atoms with E-state index >= 15 is 0 Å². The van der Waals surface area contributed by atoms with Gasteiger partial charge >= 0.3 is 12.4 Å². The van der Waals surface area contributed by atoms with E-state index in [-0.39, 0.29) is 42.1 Å². The van der Waals surface area contributed by atoms with E-state index in [9.17, 15) is 26.3 Å². The second-order valence-corrected chi connectivity index (χ2v) is 6.49. The van der Waals surface area contributed by atoms with Crippen molar-refractivity contribution in [3.63, 3.8) is 0 Å². The summed E-state index contributed by atoms with van der Waals surface area (Å²) in [6.45, 7) is 2.43. The first-order chi connectivity index (χ1) is 13.6. The molecule has 0 spiro atoms. The van der Waals surface area contributed by atoms with E-state index in [2.05, 4.69) is 32.5 Å². The number of aromatic nitrogens is 1. The van der Waals surface area contributed by atoms with E-state index in [0.717, 1.165) is 28.8 Å². The standard InChI is InChI=1S/C18H16F6N4S.HI/c1-2-25-16(27-10-15-28-14(11-29-15)18(22,23)24)26-9-3-4-12-5-7-13(8-6-12)17(19,20)21;/h5-8,11H,2,9-10H2,1H3,(H2,25,26,27);1H. The van der Waals surface area contributed by atoms with Crippen LogP contribution in [-0.2, 0) is 18.9 Å². The minimum absolute atomic E-state index is 0. The zero-order valence-corrected chi connectivity index (χ0v) is 18.6. The molecule has 1 aromatic heterocycles. The molecule has 0 bridgehead atoms. The molecule has 2 rings (SSSR count). The largest absolute Gasteiger partial charge is 0.434 e. The maximum absolute atomic E-state index is 12.6. The Bertz CT molecular complexity index is 894. The summed E-state index contributed by atoms with van der Waals surface area (Å²) in [6.07, 6.45) is -8.89. The molecule has 2 aromatic rings. The fourth-order valence-electron chi connectivity index (χ4n) is 2.02. The fraction of sp³-hybridized carbons (Fsp3) is 0.333. The van der Waals surface area contributed by atoms with E-state index in [0.29, 0.717) is 18.1 Å². The highest BCUT2D eigenvalue weighted by Crippen LogP contribution is 2.30. The molecule has 0 saturated carbocycles. The molecule has 164 valence electrons. The maximum atomic E-state index is 12.6. The third kappa shape index (κ3) is 8.39. The number of nitrogens with one attached hydrogen (secondary N) is 2. The average Bonchev–Trinajstić information content (AvgIpc) is 3.12. The van der Waals surface area contributed by atoms with Crippen molar-refractivity contribution in [2.24, 2.45) is 4.99 Å². The molecule has 12 heteroatoms. The van der Waals surface area contributed by atoms with Crippen molar-refractivity contribution in [3.8, 4) is 11.8 Å². The predicted octanol–water partition coefficient (Wildman–Crippen LogP) is 4.91. The highest BCUT2D eigenvalue weighted by atomic mass is 127. The van der Waals surface area contributed by atoms with Gasteiger partial charge in [-0.2, -0.15) is 26.3 Å². The second kappa shape index (κ2) is 11.4. The lowest BCUT2D eigenvalue weighted by molar-refractivity contribution is -0.141. The number of thiazole rings is 1. The summed E-state index contributed by atoms with van der Waals surface area (Å²) in [5.41, 5.74) is -1.28. The summed E-state index contributed by atoms with van der Waals surface area (Å²) in [5.74, 6) is 5.79. The van der Waals surface area contributed by atoms with Gasteiger partial charge in [0.05, 0.1) is 18.7 Å². The summed E-state index contributed by atoms with van der Waals surface area (Å²) in [6, 6.07) is 4.45. The molecular weight excluding hydrogens is 545 g/mol. The second-order valence-electron chi connectivity index (χ2n) is 5.55. The van der Waals surface area contributed by atoms with Gasteiger partial charge in [-0.25, -0.2) is 9.98 Å². The van der Waals surface area contributed by atoms with E-state index in [1.165, 1.54) is 12.1 Å². The Morgan fingerprint density at radius 1 is 1.07 bits per heavy atom. The molecule has 0 aliphatic rings. The topological polar surface area (TPSA) is 49.3 Å². The van der Waals surface area contributed by atoms with Crippen LogP contribution < -0.4 is 10.6 Å². The monoisotopic (exact) mass is 562 g/mol. The lowest BCUT2D eigenvalue weighted by atomic mass is 10.1. The smallest absolute Gasteiger partial charge is 0.357 e. The van der Waals surface area contributed by atoms with Crippen LogP contribution in [0.25, 0.3) is 0 Å². The number of benzene rings is 1. The number of nitrogens with zero attached hydrogens (tertiary/aromatic N) is 2. The molecule has 0 unspecified atom stereocenters. The molecule has 0 amide bonds. The Morgan fingerprint density at radius 2 is 1.73 bits per heavy atom. The summed E-state index contributed by atoms with van der Waals surface area (Å²) in [7, 11) is 0. The van der Waals surface area contributed by atoms with Gasteiger partial charge < -0.3 is 10.6 Å². The molecule has 4 nitrogen and oxygen atoms in total. The lowest BCUT2D eigenvalue weighted by Gasteiger charge is -2.08. The van der Waals surface area contributed by atoms with Crippen molar-refractivity contribution in [3.05, 3.63) is 51.5 Å². The number of alkyl halides is 6. The van der Waals surface area contributed by atoms with Gasteiger partial charge in [-0.05, 0) is 31.2 Å². The molecule has 1 heterocycles. The van der Waals surface area contributed by atoms with Gasteiger partial charge in [0.15, 0.2) is 11.7 Å². The Balaban J connectivity index is 0.00000450. The number of hydrogen-bond donors (Lipinski definition) is 2. The van der Waals surface area contributed by atoms with E-state index < -0.39 is 23.6 Å². The molecule has 30 heavy (non-hydrogen) atoms. The normalized spacial score (nSPS) is 11.9. The van der Waals surface area contributed by atoms with Crippen molar-refractivity contribution >= 4 is 41.3 Å². The van der Waals surface area contributed by atoms with E-state index in [1.54, 1.807) is 0 Å². The SMILES string of the molecule is CCNC(=NCc1nc(C(F)(F)F)cs1)NCC#Cc1ccc(C(F)(F)F)cc1.I. The zero-order valence-electron chi connectivity index (χ0n) is 15.5. The molecule has 0 radical (unpaired) electrons. The first-order valence-electron chi connectivity index (χ1n) is 8.29. The molecule has 0 fully saturated rings. The lowest BCUT2D eigenvalue weighted by Crippen LogP contribution is -2.37. The first-order valence-corrected chi connectivity index (χ1v) is 9.17. The highest BCUT2D eigenvalue weighted by molar-refractivity contribution is 14.0. The number of aliphatic imine (C=N–C) groups is 1. The summed E-state index contributed by atoms with van der Waals surface area (Å²) >= 11 is 0.863. The Hall–Kier alpha value is -2.01. The third-order valence-corrected chi connectivity index (χ3v) is 4.18. The van der Waals surface area contributed by atoms with Gasteiger partial charge in [0.2, 0.25) is 0 Å². The Kier molecular flexibility index (Phi) is 9.89. The van der Waals surface area contributed by atoms with Crippen LogP contribution in [0.1, 0.15) is 28.8 Å². The molecule has 0 saturated heterocycles. The number of rotatable bonds is 4. The number of hydrogen-bond acceptors (Lipinski definition) is 3. The molecular formula is C18H17F6IN4S. The van der Waals surface area contributed by atoms with Gasteiger partial charge in [0, 0.05) is 17.5 Å². The van der Waals surface area contributed by atoms with Crippen molar-refractivity contribution in [2.45, 2.75) is 25.8 Å². The van der Waals surface area contributed by atoms with Crippen molar-refractivity contribution in [1.29, 1.82) is 0 Å². The molecule has 0 aliphatic heterocycles. The summed E-state index contributed by atoms with van der Waals surface area (Å²) in [5, 5.41) is 6.93. The van der Waals surface area contributed by atoms with Gasteiger partial charge in [-0.1, -0.05) is 11.8 Å². The van der Waals surface area contributed by atoms with E-state index in [1.807, 2.05) is 6.92 Å². The van der Waals surface area contributed by atoms with Crippen LogP contribution in [0.4, 0.5) is 26.3 Å². The van der Waals surface area contributed by atoms with Crippen LogP contribution in [0.2, 0.25) is 0 Å². The van der Waals surface area contributed by atoms with E-state index in [4.69, 9.17) is 0 Å². The molecule has 0 aliphatic carbocycles. The average molecular weight is 562 g/mol. The summed E-state index contributed by atoms with van der Waals surface area (Å²) < 4.78 is 75.2. The molecule has 0 atom stereocenters. The molecule has 1 aromatic carbocycles. The van der Waals surface area contributed by atoms with Gasteiger partial charge in [-0.15, -0.1) is 35.3 Å². The van der Waals surface area contributed by atoms with Crippen molar-refractivity contribution in [1.82, 2.24) is 15.6 Å². The van der Waals surface area contributed by atoms with Gasteiger partial charge in [0.25, 0.3) is 0 Å². The maximum Gasteiger partial charge on any atom is 0.434 e. The Labute approximate surface area is 190 Å². The number of guanidine groups is 1. The van der Waals surface area contributed by atoms with Crippen molar-refractivity contribution in [2.75, 3.05) is 13.1 Å². The van der Waals surface area contributed by atoms with Crippen LogP contribution in [0.3, 0.4) is 0 Å².